The van der Waals surface area contributed by atoms with Crippen LogP contribution in [-0.2, 0) is 11.3 Å². The number of piperidine rings is 1. The van der Waals surface area contributed by atoms with Crippen LogP contribution in [-0.4, -0.2) is 42.4 Å². The van der Waals surface area contributed by atoms with Gasteiger partial charge in [0.1, 0.15) is 0 Å². The molecule has 1 aromatic heterocycles. The maximum Gasteiger partial charge on any atom is 0.225 e. The highest BCUT2D eigenvalue weighted by Gasteiger charge is 2.26. The van der Waals surface area contributed by atoms with E-state index < -0.39 is 0 Å². The maximum atomic E-state index is 12.9. The second kappa shape index (κ2) is 11.5. The number of ether oxygens (including phenoxy) is 2. The summed E-state index contributed by atoms with van der Waals surface area (Å²) >= 11 is 0. The minimum atomic E-state index is -0.0848. The van der Waals surface area contributed by atoms with Gasteiger partial charge in [-0.25, -0.2) is 0 Å². The van der Waals surface area contributed by atoms with E-state index in [4.69, 9.17) is 9.47 Å². The van der Waals surface area contributed by atoms with E-state index in [2.05, 4.69) is 20.4 Å². The van der Waals surface area contributed by atoms with E-state index in [1.165, 1.54) is 0 Å². The van der Waals surface area contributed by atoms with E-state index in [1.54, 1.807) is 0 Å². The summed E-state index contributed by atoms with van der Waals surface area (Å²) in [6.45, 7) is 6.99. The Hall–Kier alpha value is -3.61. The summed E-state index contributed by atoms with van der Waals surface area (Å²) in [5, 5.41) is 11.9. The number of carbonyl (C=O) groups excluding carboxylic acids is 1. The molecule has 2 heterocycles. The topological polar surface area (TPSA) is 76.6 Å². The van der Waals surface area contributed by atoms with Crippen LogP contribution in [0.4, 0.5) is 5.82 Å². The van der Waals surface area contributed by atoms with Crippen molar-refractivity contribution in [2.75, 3.05) is 31.2 Å². The monoisotopic (exact) mass is 460 g/mol. The van der Waals surface area contributed by atoms with Gasteiger partial charge < -0.3 is 19.7 Å². The molecule has 0 saturated carbocycles. The summed E-state index contributed by atoms with van der Waals surface area (Å²) in [5.74, 6) is 2.22. The summed E-state index contributed by atoms with van der Waals surface area (Å²) < 4.78 is 11.3. The van der Waals surface area contributed by atoms with Crippen molar-refractivity contribution in [1.29, 1.82) is 0 Å². The fraction of sp³-hybridized carbons (Fsp3) is 0.370. The van der Waals surface area contributed by atoms with Crippen LogP contribution in [0, 0.1) is 5.92 Å². The lowest BCUT2D eigenvalue weighted by Gasteiger charge is -2.32. The van der Waals surface area contributed by atoms with Crippen molar-refractivity contribution in [2.45, 2.75) is 33.2 Å². The molecule has 4 rings (SSSR count). The molecule has 0 unspecified atom stereocenters. The molecule has 0 bridgehead atoms. The van der Waals surface area contributed by atoms with Crippen molar-refractivity contribution in [3.63, 3.8) is 0 Å². The largest absolute Gasteiger partial charge is 0.490 e. The number of nitrogens with zero attached hydrogens (tertiary/aromatic N) is 3. The molecular formula is C27H32N4O3. The maximum absolute atomic E-state index is 12.9. The van der Waals surface area contributed by atoms with Gasteiger partial charge in [0.25, 0.3) is 0 Å². The first-order chi connectivity index (χ1) is 16.7. The Kier molecular flexibility index (Phi) is 7.96. The number of carbonyl (C=O) groups is 1. The van der Waals surface area contributed by atoms with Gasteiger partial charge in [0.2, 0.25) is 5.91 Å². The SMILES string of the molecule is CCOc1ccc(CNC(=O)[C@@H]2CCCN(c3ccc(-c4ccccc4)nn3)C2)cc1OCC. The Balaban J connectivity index is 1.35. The van der Waals surface area contributed by atoms with Crippen LogP contribution in [0.3, 0.4) is 0 Å². The number of amides is 1. The lowest BCUT2D eigenvalue weighted by atomic mass is 9.97. The molecule has 1 fully saturated rings. The lowest BCUT2D eigenvalue weighted by molar-refractivity contribution is -0.125. The van der Waals surface area contributed by atoms with Crippen LogP contribution in [0.25, 0.3) is 11.3 Å². The molecule has 1 aliphatic rings. The van der Waals surface area contributed by atoms with E-state index >= 15 is 0 Å². The van der Waals surface area contributed by atoms with Crippen LogP contribution < -0.4 is 19.7 Å². The van der Waals surface area contributed by atoms with Gasteiger partial charge in [0.15, 0.2) is 17.3 Å². The second-order valence-corrected chi connectivity index (χ2v) is 8.29. The van der Waals surface area contributed by atoms with Crippen molar-refractivity contribution < 1.29 is 14.3 Å². The van der Waals surface area contributed by atoms with Crippen molar-refractivity contribution in [3.8, 4) is 22.8 Å². The molecule has 7 nitrogen and oxygen atoms in total. The average molecular weight is 461 g/mol. The zero-order valence-corrected chi connectivity index (χ0v) is 19.9. The molecule has 0 radical (unpaired) electrons. The first-order valence-electron chi connectivity index (χ1n) is 12.0. The Morgan fingerprint density at radius 2 is 1.79 bits per heavy atom. The Labute approximate surface area is 201 Å². The first kappa shape index (κ1) is 23.5. The van der Waals surface area contributed by atoms with Crippen molar-refractivity contribution in [3.05, 3.63) is 66.2 Å². The second-order valence-electron chi connectivity index (χ2n) is 8.29. The van der Waals surface area contributed by atoms with Gasteiger partial charge in [-0.3, -0.25) is 4.79 Å². The lowest BCUT2D eigenvalue weighted by Crippen LogP contribution is -2.43. The highest BCUT2D eigenvalue weighted by molar-refractivity contribution is 5.79. The molecule has 7 heteroatoms. The number of benzene rings is 2. The van der Waals surface area contributed by atoms with Crippen molar-refractivity contribution >= 4 is 11.7 Å². The zero-order chi connectivity index (χ0) is 23.8. The molecule has 1 aliphatic heterocycles. The Bertz CT molecular complexity index is 1070. The Morgan fingerprint density at radius 1 is 1.00 bits per heavy atom. The van der Waals surface area contributed by atoms with E-state index in [0.717, 1.165) is 47.8 Å². The van der Waals surface area contributed by atoms with Gasteiger partial charge >= 0.3 is 0 Å². The van der Waals surface area contributed by atoms with Crippen LogP contribution in [0.2, 0.25) is 0 Å². The fourth-order valence-corrected chi connectivity index (χ4v) is 4.19. The highest BCUT2D eigenvalue weighted by Crippen LogP contribution is 2.29. The summed E-state index contributed by atoms with van der Waals surface area (Å²) in [7, 11) is 0. The molecule has 1 saturated heterocycles. The van der Waals surface area contributed by atoms with Crippen LogP contribution in [0.15, 0.2) is 60.7 Å². The third kappa shape index (κ3) is 5.84. The predicted molar refractivity (Wildman–Crippen MR) is 133 cm³/mol. The Morgan fingerprint density at radius 3 is 2.53 bits per heavy atom. The van der Waals surface area contributed by atoms with Gasteiger partial charge in [-0.2, -0.15) is 0 Å². The standard InChI is InChI=1S/C27H32N4O3/c1-3-33-24-14-12-20(17-25(24)34-4-2)18-28-27(32)22-11-8-16-31(19-22)26-15-13-23(29-30-26)21-9-6-5-7-10-21/h5-7,9-10,12-15,17,22H,3-4,8,11,16,18-19H2,1-2H3,(H,28,32)/t22-/m1/s1. The number of rotatable bonds is 9. The molecule has 1 N–H and O–H groups in total. The summed E-state index contributed by atoms with van der Waals surface area (Å²) in [6.07, 6.45) is 1.81. The summed E-state index contributed by atoms with van der Waals surface area (Å²) in [4.78, 5) is 15.1. The smallest absolute Gasteiger partial charge is 0.225 e. The summed E-state index contributed by atoms with van der Waals surface area (Å²) in [5.41, 5.74) is 2.87. The molecule has 0 spiro atoms. The van der Waals surface area contributed by atoms with Gasteiger partial charge in [-0.15, -0.1) is 10.2 Å². The van der Waals surface area contributed by atoms with E-state index in [1.807, 2.05) is 74.5 Å². The minimum Gasteiger partial charge on any atom is -0.490 e. The van der Waals surface area contributed by atoms with Crippen LogP contribution in [0.1, 0.15) is 32.3 Å². The van der Waals surface area contributed by atoms with Gasteiger partial charge in [0, 0.05) is 25.2 Å². The van der Waals surface area contributed by atoms with E-state index in [9.17, 15) is 4.79 Å². The summed E-state index contributed by atoms with van der Waals surface area (Å²) in [6, 6.07) is 19.8. The molecule has 2 aromatic carbocycles. The molecule has 0 aliphatic carbocycles. The van der Waals surface area contributed by atoms with Gasteiger partial charge in [-0.05, 0) is 56.5 Å². The number of hydrogen-bond donors (Lipinski definition) is 1. The molecule has 178 valence electrons. The average Bonchev–Trinajstić information content (AvgIpc) is 2.89. The molecule has 34 heavy (non-hydrogen) atoms. The third-order valence-electron chi connectivity index (χ3n) is 5.91. The molecule has 1 atom stereocenters. The molecule has 1 amide bonds. The van der Waals surface area contributed by atoms with E-state index in [-0.39, 0.29) is 11.8 Å². The predicted octanol–water partition coefficient (Wildman–Crippen LogP) is 4.47. The quantitative estimate of drug-likeness (QED) is 0.508. The third-order valence-corrected chi connectivity index (χ3v) is 5.91. The van der Waals surface area contributed by atoms with Gasteiger partial charge in [0.05, 0.1) is 24.8 Å². The first-order valence-corrected chi connectivity index (χ1v) is 12.0. The zero-order valence-electron chi connectivity index (χ0n) is 19.9. The van der Waals surface area contributed by atoms with Crippen LogP contribution in [0.5, 0.6) is 11.5 Å². The molecule has 3 aromatic rings. The number of hydrogen-bond acceptors (Lipinski definition) is 6. The van der Waals surface area contributed by atoms with Crippen LogP contribution >= 0.6 is 0 Å². The minimum absolute atomic E-state index is 0.0606. The normalized spacial score (nSPS) is 15.6. The fourth-order valence-electron chi connectivity index (χ4n) is 4.19. The highest BCUT2D eigenvalue weighted by atomic mass is 16.5. The van der Waals surface area contributed by atoms with Crippen molar-refractivity contribution in [2.24, 2.45) is 5.92 Å². The molecular weight excluding hydrogens is 428 g/mol. The number of aromatic nitrogens is 2. The van der Waals surface area contributed by atoms with Gasteiger partial charge in [-0.1, -0.05) is 36.4 Å². The number of anilines is 1. The van der Waals surface area contributed by atoms with Crippen molar-refractivity contribution in [1.82, 2.24) is 15.5 Å². The van der Waals surface area contributed by atoms with E-state index in [0.29, 0.717) is 32.1 Å². The number of nitrogens with one attached hydrogen (secondary N) is 1.